The number of rotatable bonds is 3. The van der Waals surface area contributed by atoms with E-state index in [-0.39, 0.29) is 29.5 Å². The molecule has 6 nitrogen and oxygen atoms in total. The lowest BCUT2D eigenvalue weighted by Gasteiger charge is -2.60. The Kier molecular flexibility index (Phi) is 4.90. The Bertz CT molecular complexity index is 858. The van der Waals surface area contributed by atoms with E-state index in [2.05, 4.69) is 13.8 Å². The van der Waals surface area contributed by atoms with Gasteiger partial charge in [0, 0.05) is 23.7 Å². The molecule has 3 fully saturated rings. The summed E-state index contributed by atoms with van der Waals surface area (Å²) < 4.78 is 4.89. The van der Waals surface area contributed by atoms with Crippen LogP contribution in [-0.4, -0.2) is 46.1 Å². The van der Waals surface area contributed by atoms with Gasteiger partial charge < -0.3 is 14.9 Å². The predicted molar refractivity (Wildman–Crippen MR) is 109 cm³/mol. The van der Waals surface area contributed by atoms with Gasteiger partial charge in [0.2, 0.25) is 5.78 Å². The van der Waals surface area contributed by atoms with Crippen molar-refractivity contribution < 1.29 is 29.3 Å². The minimum absolute atomic E-state index is 0.00535. The number of hydrogen-bond acceptors (Lipinski definition) is 6. The first-order valence-corrected chi connectivity index (χ1v) is 11.0. The fraction of sp³-hybridized carbons (Fsp3) is 0.708. The van der Waals surface area contributed by atoms with Crippen molar-refractivity contribution in [1.82, 2.24) is 0 Å². The quantitative estimate of drug-likeness (QED) is 0.685. The Morgan fingerprint density at radius 2 is 2.00 bits per heavy atom. The lowest BCUT2D eigenvalue weighted by atomic mass is 9.45. The van der Waals surface area contributed by atoms with Gasteiger partial charge >= 0.3 is 5.97 Å². The number of ketones is 2. The highest BCUT2D eigenvalue weighted by atomic mass is 16.5. The summed E-state index contributed by atoms with van der Waals surface area (Å²) in [6.45, 7) is 6.94. The number of hydrogen-bond donors (Lipinski definition) is 2. The third kappa shape index (κ3) is 2.79. The summed E-state index contributed by atoms with van der Waals surface area (Å²) in [6.07, 6.45) is 6.71. The van der Waals surface area contributed by atoms with Gasteiger partial charge in [-0.1, -0.05) is 32.4 Å². The Morgan fingerprint density at radius 1 is 1.30 bits per heavy atom. The highest BCUT2D eigenvalue weighted by Gasteiger charge is 2.68. The second-order valence-electron chi connectivity index (χ2n) is 10.3. The molecule has 0 aromatic rings. The van der Waals surface area contributed by atoms with E-state index in [1.165, 1.54) is 6.92 Å². The van der Waals surface area contributed by atoms with Crippen LogP contribution >= 0.6 is 0 Å². The fourth-order valence-electron chi connectivity index (χ4n) is 7.50. The summed E-state index contributed by atoms with van der Waals surface area (Å²) in [4.78, 5) is 36.1. The van der Waals surface area contributed by atoms with Crippen molar-refractivity contribution in [2.75, 3.05) is 6.61 Å². The van der Waals surface area contributed by atoms with Crippen LogP contribution in [-0.2, 0) is 19.1 Å². The van der Waals surface area contributed by atoms with E-state index in [1.807, 2.05) is 13.0 Å². The molecule has 0 unspecified atom stereocenters. The van der Waals surface area contributed by atoms with Crippen LogP contribution in [0.2, 0.25) is 0 Å². The van der Waals surface area contributed by atoms with Gasteiger partial charge in [0.05, 0.1) is 6.10 Å². The summed E-state index contributed by atoms with van der Waals surface area (Å²) >= 11 is 0. The third-order valence-corrected chi connectivity index (χ3v) is 8.84. The average molecular weight is 417 g/mol. The summed E-state index contributed by atoms with van der Waals surface area (Å²) in [5.74, 6) is -0.712. The lowest BCUT2D eigenvalue weighted by Crippen LogP contribution is -2.62. The maximum Gasteiger partial charge on any atom is 0.303 e. The molecule has 8 atom stereocenters. The van der Waals surface area contributed by atoms with Gasteiger partial charge in [-0.2, -0.15) is 0 Å². The minimum atomic E-state index is -1.61. The summed E-state index contributed by atoms with van der Waals surface area (Å²) in [5.41, 5.74) is -1.72. The van der Waals surface area contributed by atoms with Crippen LogP contribution in [0.25, 0.3) is 0 Å². The van der Waals surface area contributed by atoms with E-state index in [0.717, 1.165) is 12.0 Å². The molecule has 6 heteroatoms. The summed E-state index contributed by atoms with van der Waals surface area (Å²) in [6, 6.07) is 0. The molecular formula is C24H32O6. The lowest BCUT2D eigenvalue weighted by molar-refractivity contribution is -0.182. The zero-order valence-corrected chi connectivity index (χ0v) is 18.2. The molecule has 0 aliphatic heterocycles. The number of allylic oxidation sites excluding steroid dienone is 4. The molecule has 4 aliphatic carbocycles. The van der Waals surface area contributed by atoms with Crippen molar-refractivity contribution in [2.45, 2.75) is 65.1 Å². The van der Waals surface area contributed by atoms with Crippen LogP contribution in [0.5, 0.6) is 0 Å². The van der Waals surface area contributed by atoms with Crippen molar-refractivity contribution in [3.8, 4) is 0 Å². The largest absolute Gasteiger partial charge is 0.458 e. The predicted octanol–water partition coefficient (Wildman–Crippen LogP) is 2.37. The SMILES string of the molecule is CC(=O)OCC(=O)[C@@]1(O)CC[C@@H]2[C@@H]3C[C@H](C)C4=CC(=O)C=C[C@]4(C)[C@@H]3[C@H](O)C[C@]21C. The molecule has 0 aromatic heterocycles. The first-order valence-electron chi connectivity index (χ1n) is 11.0. The normalized spacial score (nSPS) is 47.1. The van der Waals surface area contributed by atoms with E-state index in [9.17, 15) is 24.6 Å². The van der Waals surface area contributed by atoms with Crippen molar-refractivity contribution in [1.29, 1.82) is 0 Å². The summed E-state index contributed by atoms with van der Waals surface area (Å²) in [5, 5.41) is 22.9. The third-order valence-electron chi connectivity index (χ3n) is 8.84. The monoisotopic (exact) mass is 416 g/mol. The van der Waals surface area contributed by atoms with Gasteiger partial charge in [-0.25, -0.2) is 0 Å². The van der Waals surface area contributed by atoms with Crippen LogP contribution in [0, 0.1) is 34.5 Å². The van der Waals surface area contributed by atoms with Gasteiger partial charge in [-0.3, -0.25) is 14.4 Å². The maximum absolute atomic E-state index is 12.9. The topological polar surface area (TPSA) is 101 Å². The average Bonchev–Trinajstić information content (AvgIpc) is 2.93. The second-order valence-corrected chi connectivity index (χ2v) is 10.3. The molecule has 0 aromatic carbocycles. The van der Waals surface area contributed by atoms with Gasteiger partial charge in [0.15, 0.2) is 12.4 Å². The Hall–Kier alpha value is -1.79. The zero-order valence-electron chi connectivity index (χ0n) is 18.2. The molecule has 0 saturated heterocycles. The van der Waals surface area contributed by atoms with Gasteiger partial charge in [0.1, 0.15) is 5.60 Å². The summed E-state index contributed by atoms with van der Waals surface area (Å²) in [7, 11) is 0. The van der Waals surface area contributed by atoms with Crippen molar-refractivity contribution in [3.63, 3.8) is 0 Å². The molecule has 164 valence electrons. The fourth-order valence-corrected chi connectivity index (χ4v) is 7.50. The Balaban J connectivity index is 1.70. The Morgan fingerprint density at radius 3 is 2.67 bits per heavy atom. The highest BCUT2D eigenvalue weighted by Crippen LogP contribution is 2.67. The van der Waals surface area contributed by atoms with Gasteiger partial charge in [0.25, 0.3) is 0 Å². The maximum atomic E-state index is 12.9. The van der Waals surface area contributed by atoms with E-state index in [1.54, 1.807) is 12.2 Å². The molecule has 3 saturated carbocycles. The molecule has 0 bridgehead atoms. The number of ether oxygens (including phenoxy) is 1. The van der Waals surface area contributed by atoms with E-state index in [0.29, 0.717) is 19.3 Å². The van der Waals surface area contributed by atoms with Crippen molar-refractivity contribution in [3.05, 3.63) is 23.8 Å². The highest BCUT2D eigenvalue weighted by molar-refractivity contribution is 6.01. The van der Waals surface area contributed by atoms with Crippen molar-refractivity contribution >= 4 is 17.5 Å². The molecule has 0 heterocycles. The smallest absolute Gasteiger partial charge is 0.303 e. The van der Waals surface area contributed by atoms with Gasteiger partial charge in [-0.15, -0.1) is 0 Å². The van der Waals surface area contributed by atoms with Crippen LogP contribution in [0.3, 0.4) is 0 Å². The molecule has 2 N–H and O–H groups in total. The van der Waals surface area contributed by atoms with Crippen LogP contribution in [0.4, 0.5) is 0 Å². The zero-order chi connectivity index (χ0) is 22.1. The number of carbonyl (C=O) groups excluding carboxylic acids is 3. The number of aliphatic hydroxyl groups is 2. The minimum Gasteiger partial charge on any atom is -0.458 e. The Labute approximate surface area is 177 Å². The number of Topliss-reactive ketones (excluding diaryl/α,β-unsaturated/α-hetero) is 1. The van der Waals surface area contributed by atoms with Crippen LogP contribution < -0.4 is 0 Å². The molecule has 4 aliphatic rings. The molecule has 0 spiro atoms. The first kappa shape index (κ1) is 21.4. The molecule has 30 heavy (non-hydrogen) atoms. The van der Waals surface area contributed by atoms with Crippen molar-refractivity contribution in [2.24, 2.45) is 34.5 Å². The number of aliphatic hydroxyl groups excluding tert-OH is 1. The molecule has 0 amide bonds. The number of carbonyl (C=O) groups is 3. The molecule has 0 radical (unpaired) electrons. The van der Waals surface area contributed by atoms with Gasteiger partial charge in [-0.05, 0) is 55.6 Å². The van der Waals surface area contributed by atoms with E-state index >= 15 is 0 Å². The van der Waals surface area contributed by atoms with E-state index < -0.39 is 40.9 Å². The van der Waals surface area contributed by atoms with Crippen LogP contribution in [0.15, 0.2) is 23.8 Å². The molecule has 4 rings (SSSR count). The van der Waals surface area contributed by atoms with E-state index in [4.69, 9.17) is 4.74 Å². The number of esters is 1. The number of fused-ring (bicyclic) bond motifs is 5. The first-order chi connectivity index (χ1) is 13.9. The second kappa shape index (κ2) is 6.86. The standard InChI is InChI=1S/C24H32O6/c1-13-9-16-17-6-8-24(29,20(28)12-30-14(2)25)23(17,4)11-19(27)21(16)22(3)7-5-15(26)10-18(13)22/h5,7,10,13,16-17,19,21,27,29H,6,8-9,11-12H2,1-4H3/t13-,16-,17+,19+,21-,22-,23+,24-/m0/s1. The van der Waals surface area contributed by atoms with Crippen LogP contribution in [0.1, 0.15) is 53.4 Å². The molecular weight excluding hydrogens is 384 g/mol.